The Hall–Kier alpha value is -2.17. The number of methoxy groups -OCH3 is 1. The van der Waals surface area contributed by atoms with E-state index in [0.29, 0.717) is 24.0 Å². The molecule has 0 aliphatic carbocycles. The van der Waals surface area contributed by atoms with E-state index in [1.165, 1.54) is 7.11 Å². The van der Waals surface area contributed by atoms with Crippen LogP contribution in [0.15, 0.2) is 15.8 Å². The lowest BCUT2D eigenvalue weighted by molar-refractivity contribution is -0.140. The van der Waals surface area contributed by atoms with E-state index in [4.69, 9.17) is 30.1 Å². The second-order valence-corrected chi connectivity index (χ2v) is 6.02. The molecule has 0 bridgehead atoms. The monoisotopic (exact) mass is 422 g/mol. The van der Waals surface area contributed by atoms with Crippen molar-refractivity contribution in [3.8, 4) is 12.3 Å². The molecule has 0 spiro atoms. The molecule has 0 aromatic carbocycles. The topological polar surface area (TPSA) is 101 Å². The third-order valence-electron chi connectivity index (χ3n) is 4.03. The Morgan fingerprint density at radius 2 is 2.10 bits per heavy atom. The zero-order valence-corrected chi connectivity index (χ0v) is 15.6. The van der Waals surface area contributed by atoms with Crippen molar-refractivity contribution in [3.63, 3.8) is 0 Å². The number of ether oxygens (including phenoxy) is 5. The molecular formula is C17H21F3N2O7. The lowest BCUT2D eigenvalue weighted by atomic mass is 10.2. The Morgan fingerprint density at radius 1 is 1.34 bits per heavy atom. The largest absolute Gasteiger partial charge is 0.423 e. The molecule has 1 aromatic heterocycles. The third-order valence-corrected chi connectivity index (χ3v) is 4.03. The number of alkyl halides is 3. The van der Waals surface area contributed by atoms with Crippen molar-refractivity contribution in [2.45, 2.75) is 31.0 Å². The SMILES string of the molecule is C#CCO[C@H]1C[C@H](n2cc(C(F)(F)F)c(=O)[nH]c2=O)O[C@@H]1COCOCCOC. The average Bonchev–Trinajstić information content (AvgIpc) is 3.04. The number of hydrogen-bond donors (Lipinski definition) is 1. The highest BCUT2D eigenvalue weighted by Gasteiger charge is 2.40. The molecule has 0 amide bonds. The molecule has 0 radical (unpaired) electrons. The van der Waals surface area contributed by atoms with Gasteiger partial charge in [-0.2, -0.15) is 13.2 Å². The van der Waals surface area contributed by atoms with E-state index in [1.807, 2.05) is 0 Å². The Kier molecular flexibility index (Phi) is 8.42. The Balaban J connectivity index is 2.11. The fraction of sp³-hybridized carbons (Fsp3) is 0.647. The minimum atomic E-state index is -4.93. The summed E-state index contributed by atoms with van der Waals surface area (Å²) in [6, 6.07) is 0. The van der Waals surface area contributed by atoms with Gasteiger partial charge >= 0.3 is 11.9 Å². The summed E-state index contributed by atoms with van der Waals surface area (Å²) >= 11 is 0. The van der Waals surface area contributed by atoms with Gasteiger partial charge in [0.2, 0.25) is 0 Å². The first-order valence-electron chi connectivity index (χ1n) is 8.55. The van der Waals surface area contributed by atoms with E-state index in [0.717, 1.165) is 0 Å². The second kappa shape index (κ2) is 10.6. The van der Waals surface area contributed by atoms with Gasteiger partial charge < -0.3 is 23.7 Å². The first kappa shape index (κ1) is 23.1. The molecule has 9 nitrogen and oxygen atoms in total. The number of aromatic nitrogens is 2. The average molecular weight is 422 g/mol. The van der Waals surface area contributed by atoms with Crippen molar-refractivity contribution in [2.75, 3.05) is 40.3 Å². The number of aromatic amines is 1. The van der Waals surface area contributed by atoms with E-state index in [1.54, 1.807) is 4.98 Å². The molecule has 1 N–H and O–H groups in total. The smallest absolute Gasteiger partial charge is 0.382 e. The van der Waals surface area contributed by atoms with Crippen LogP contribution in [0.4, 0.5) is 13.2 Å². The van der Waals surface area contributed by atoms with Crippen LogP contribution < -0.4 is 11.2 Å². The quantitative estimate of drug-likeness (QED) is 0.333. The van der Waals surface area contributed by atoms with Crippen molar-refractivity contribution in [3.05, 3.63) is 32.6 Å². The van der Waals surface area contributed by atoms with Crippen LogP contribution in [0.1, 0.15) is 18.2 Å². The molecule has 1 aliphatic heterocycles. The van der Waals surface area contributed by atoms with Gasteiger partial charge in [0.05, 0.1) is 25.9 Å². The number of hydrogen-bond acceptors (Lipinski definition) is 7. The standard InChI is InChI=1S/C17H21F3N2O7/c1-3-4-28-12-7-14(29-13(12)9-27-10-26-6-5-25-2)22-8-11(17(18,19)20)15(23)21-16(22)24/h1,8,12-14H,4-7,9-10H2,2H3,(H,21,23,24)/t12-,13+,14+/m0/s1. The molecule has 162 valence electrons. The van der Waals surface area contributed by atoms with Crippen molar-refractivity contribution in [1.29, 1.82) is 0 Å². The summed E-state index contributed by atoms with van der Waals surface area (Å²) in [5.41, 5.74) is -4.06. The summed E-state index contributed by atoms with van der Waals surface area (Å²) in [5, 5.41) is 0. The summed E-state index contributed by atoms with van der Waals surface area (Å²) in [7, 11) is 1.52. The zero-order chi connectivity index (χ0) is 21.4. The van der Waals surface area contributed by atoms with Crippen LogP contribution in [0.5, 0.6) is 0 Å². The molecule has 2 rings (SSSR count). The predicted molar refractivity (Wildman–Crippen MR) is 92.1 cm³/mol. The number of H-pyrrole nitrogens is 1. The second-order valence-electron chi connectivity index (χ2n) is 6.02. The fourth-order valence-electron chi connectivity index (χ4n) is 2.68. The summed E-state index contributed by atoms with van der Waals surface area (Å²) < 4.78 is 66.1. The number of nitrogens with one attached hydrogen (secondary N) is 1. The van der Waals surface area contributed by atoms with Gasteiger partial charge in [0.15, 0.2) is 0 Å². The highest BCUT2D eigenvalue weighted by molar-refractivity contribution is 5.09. The highest BCUT2D eigenvalue weighted by Crippen LogP contribution is 2.31. The molecule has 29 heavy (non-hydrogen) atoms. The summed E-state index contributed by atoms with van der Waals surface area (Å²) in [4.78, 5) is 25.1. The van der Waals surface area contributed by atoms with Gasteiger partial charge in [0, 0.05) is 19.7 Å². The highest BCUT2D eigenvalue weighted by atomic mass is 19.4. The van der Waals surface area contributed by atoms with Crippen LogP contribution in [-0.2, 0) is 29.9 Å². The lowest BCUT2D eigenvalue weighted by Gasteiger charge is -2.18. The molecule has 1 aliphatic rings. The number of nitrogens with zero attached hydrogens (tertiary/aromatic N) is 1. The maximum atomic E-state index is 13.0. The maximum Gasteiger partial charge on any atom is 0.423 e. The minimum Gasteiger partial charge on any atom is -0.382 e. The minimum absolute atomic E-state index is 0.0110. The molecule has 2 heterocycles. The Bertz CT molecular complexity index is 815. The molecule has 1 saturated heterocycles. The predicted octanol–water partition coefficient (Wildman–Crippen LogP) is 0.498. The Morgan fingerprint density at radius 3 is 2.76 bits per heavy atom. The van der Waals surface area contributed by atoms with Gasteiger partial charge in [-0.15, -0.1) is 6.42 Å². The van der Waals surface area contributed by atoms with E-state index < -0.39 is 41.4 Å². The first-order valence-corrected chi connectivity index (χ1v) is 8.55. The number of halogens is 3. The summed E-state index contributed by atoms with van der Waals surface area (Å²) in [6.07, 6.45) is -1.75. The van der Waals surface area contributed by atoms with Crippen molar-refractivity contribution >= 4 is 0 Å². The van der Waals surface area contributed by atoms with E-state index >= 15 is 0 Å². The maximum absolute atomic E-state index is 13.0. The fourth-order valence-corrected chi connectivity index (χ4v) is 2.68. The van der Waals surface area contributed by atoms with Crippen LogP contribution in [0.2, 0.25) is 0 Å². The number of rotatable bonds is 10. The first-order chi connectivity index (χ1) is 13.8. The van der Waals surface area contributed by atoms with E-state index in [9.17, 15) is 22.8 Å². The van der Waals surface area contributed by atoms with E-state index in [-0.39, 0.29) is 26.4 Å². The van der Waals surface area contributed by atoms with Gasteiger partial charge in [-0.1, -0.05) is 5.92 Å². The lowest BCUT2D eigenvalue weighted by Crippen LogP contribution is -2.36. The van der Waals surface area contributed by atoms with Crippen LogP contribution in [0.25, 0.3) is 0 Å². The van der Waals surface area contributed by atoms with E-state index in [2.05, 4.69) is 5.92 Å². The molecule has 3 atom stereocenters. The molecule has 0 saturated carbocycles. The van der Waals surface area contributed by atoms with Gasteiger partial charge in [0.25, 0.3) is 5.56 Å². The number of terminal acetylenes is 1. The third kappa shape index (κ3) is 6.41. The van der Waals surface area contributed by atoms with Crippen LogP contribution in [0, 0.1) is 12.3 Å². The van der Waals surface area contributed by atoms with Gasteiger partial charge in [0.1, 0.15) is 31.3 Å². The Labute approximate surface area is 163 Å². The normalized spacial score (nSPS) is 22.0. The van der Waals surface area contributed by atoms with Crippen molar-refractivity contribution in [1.82, 2.24) is 9.55 Å². The van der Waals surface area contributed by atoms with Crippen LogP contribution in [-0.4, -0.2) is 62.1 Å². The molecular weight excluding hydrogens is 401 g/mol. The van der Waals surface area contributed by atoms with Gasteiger partial charge in [-0.3, -0.25) is 14.3 Å². The molecule has 1 aromatic rings. The van der Waals surface area contributed by atoms with Crippen LogP contribution >= 0.6 is 0 Å². The molecule has 1 fully saturated rings. The van der Waals surface area contributed by atoms with Gasteiger partial charge in [-0.25, -0.2) is 4.79 Å². The van der Waals surface area contributed by atoms with Crippen molar-refractivity contribution in [2.24, 2.45) is 0 Å². The summed E-state index contributed by atoms with van der Waals surface area (Å²) in [6.45, 7) is 0.566. The van der Waals surface area contributed by atoms with Crippen molar-refractivity contribution < 1.29 is 36.9 Å². The summed E-state index contributed by atoms with van der Waals surface area (Å²) in [5.74, 6) is 2.29. The van der Waals surface area contributed by atoms with Gasteiger partial charge in [-0.05, 0) is 0 Å². The zero-order valence-electron chi connectivity index (χ0n) is 15.6. The molecule has 0 unspecified atom stereocenters. The molecule has 12 heteroatoms. The van der Waals surface area contributed by atoms with Crippen LogP contribution in [0.3, 0.4) is 0 Å².